The van der Waals surface area contributed by atoms with Gasteiger partial charge in [0.15, 0.2) is 0 Å². The molecular weight excluding hydrogens is 326 g/mol. The van der Waals surface area contributed by atoms with Gasteiger partial charge in [0.1, 0.15) is 10.7 Å². The van der Waals surface area contributed by atoms with Crippen LogP contribution in [0.25, 0.3) is 0 Å². The molecule has 128 valence electrons. The van der Waals surface area contributed by atoms with E-state index in [1.807, 2.05) is 13.0 Å². The van der Waals surface area contributed by atoms with E-state index in [9.17, 15) is 4.79 Å². The first-order valence-corrected chi connectivity index (χ1v) is 8.82. The average Bonchev–Trinajstić information content (AvgIpc) is 3.22. The molecule has 0 spiro atoms. The summed E-state index contributed by atoms with van der Waals surface area (Å²) in [6.45, 7) is 6.87. The van der Waals surface area contributed by atoms with Gasteiger partial charge in [-0.05, 0) is 38.2 Å². The van der Waals surface area contributed by atoms with Crippen molar-refractivity contribution in [3.63, 3.8) is 0 Å². The molecule has 0 unspecified atom stereocenters. The van der Waals surface area contributed by atoms with Crippen molar-refractivity contribution < 1.29 is 4.79 Å². The molecule has 3 heterocycles. The fraction of sp³-hybridized carbons (Fsp3) is 0.533. The molecule has 0 bridgehead atoms. The summed E-state index contributed by atoms with van der Waals surface area (Å²) < 4.78 is 3.77. The van der Waals surface area contributed by atoms with Gasteiger partial charge in [0.25, 0.3) is 5.91 Å². The highest BCUT2D eigenvalue weighted by Crippen LogP contribution is 2.19. The summed E-state index contributed by atoms with van der Waals surface area (Å²) in [7, 11) is 0. The van der Waals surface area contributed by atoms with Crippen LogP contribution in [0.15, 0.2) is 6.07 Å². The summed E-state index contributed by atoms with van der Waals surface area (Å²) in [4.78, 5) is 23.8. The van der Waals surface area contributed by atoms with E-state index < -0.39 is 0 Å². The van der Waals surface area contributed by atoms with Crippen LogP contribution in [0.4, 0.5) is 11.8 Å². The Hall–Kier alpha value is -2.29. The van der Waals surface area contributed by atoms with Gasteiger partial charge in [0, 0.05) is 37.9 Å². The van der Waals surface area contributed by atoms with Gasteiger partial charge in [-0.25, -0.2) is 4.98 Å². The lowest BCUT2D eigenvalue weighted by atomic mass is 10.4. The zero-order valence-corrected chi connectivity index (χ0v) is 14.7. The SMILES string of the molecule is Cc1cc(N2CCCC2)nc(NCCNC(=O)c2snnc2C)n1. The third-order valence-electron chi connectivity index (χ3n) is 3.82. The summed E-state index contributed by atoms with van der Waals surface area (Å²) >= 11 is 1.11. The van der Waals surface area contributed by atoms with Crippen molar-refractivity contribution in [3.05, 3.63) is 22.3 Å². The molecule has 0 radical (unpaired) electrons. The van der Waals surface area contributed by atoms with E-state index >= 15 is 0 Å². The Morgan fingerprint density at radius 1 is 1.25 bits per heavy atom. The van der Waals surface area contributed by atoms with E-state index in [1.54, 1.807) is 6.92 Å². The average molecular weight is 347 g/mol. The smallest absolute Gasteiger partial charge is 0.265 e. The van der Waals surface area contributed by atoms with E-state index in [1.165, 1.54) is 12.8 Å². The van der Waals surface area contributed by atoms with Gasteiger partial charge in [0.2, 0.25) is 5.95 Å². The van der Waals surface area contributed by atoms with Gasteiger partial charge in [-0.2, -0.15) is 4.98 Å². The van der Waals surface area contributed by atoms with Crippen molar-refractivity contribution in [2.45, 2.75) is 26.7 Å². The second-order valence-electron chi connectivity index (χ2n) is 5.76. The maximum atomic E-state index is 12.0. The predicted octanol–water partition coefficient (Wildman–Crippen LogP) is 1.39. The summed E-state index contributed by atoms with van der Waals surface area (Å²) in [6, 6.07) is 2.01. The van der Waals surface area contributed by atoms with Crippen LogP contribution in [0.2, 0.25) is 0 Å². The number of carbonyl (C=O) groups excluding carboxylic acids is 1. The van der Waals surface area contributed by atoms with E-state index in [-0.39, 0.29) is 5.91 Å². The highest BCUT2D eigenvalue weighted by atomic mass is 32.1. The number of anilines is 2. The number of aromatic nitrogens is 4. The van der Waals surface area contributed by atoms with Crippen LogP contribution in [0.5, 0.6) is 0 Å². The van der Waals surface area contributed by atoms with Gasteiger partial charge in [-0.3, -0.25) is 4.79 Å². The van der Waals surface area contributed by atoms with Gasteiger partial charge >= 0.3 is 0 Å². The predicted molar refractivity (Wildman–Crippen MR) is 93.7 cm³/mol. The van der Waals surface area contributed by atoms with Crippen molar-refractivity contribution in [2.24, 2.45) is 0 Å². The van der Waals surface area contributed by atoms with E-state index in [0.29, 0.717) is 29.6 Å². The molecule has 1 amide bonds. The number of hydrogen-bond acceptors (Lipinski definition) is 8. The monoisotopic (exact) mass is 347 g/mol. The van der Waals surface area contributed by atoms with Crippen LogP contribution >= 0.6 is 11.5 Å². The number of hydrogen-bond donors (Lipinski definition) is 2. The highest BCUT2D eigenvalue weighted by molar-refractivity contribution is 7.07. The summed E-state index contributed by atoms with van der Waals surface area (Å²) in [5, 5.41) is 9.85. The Bertz CT molecular complexity index is 712. The minimum absolute atomic E-state index is 0.146. The van der Waals surface area contributed by atoms with Crippen molar-refractivity contribution >= 4 is 29.2 Å². The first-order valence-electron chi connectivity index (χ1n) is 8.05. The Labute approximate surface area is 144 Å². The van der Waals surface area contributed by atoms with Crippen LogP contribution in [0, 0.1) is 13.8 Å². The van der Waals surface area contributed by atoms with E-state index in [0.717, 1.165) is 36.1 Å². The molecule has 0 aliphatic carbocycles. The molecule has 1 aliphatic rings. The molecule has 2 aromatic heterocycles. The minimum atomic E-state index is -0.146. The number of aryl methyl sites for hydroxylation is 2. The molecule has 9 heteroatoms. The maximum Gasteiger partial charge on any atom is 0.265 e. The van der Waals surface area contributed by atoms with Crippen LogP contribution in [-0.2, 0) is 0 Å². The molecule has 0 aromatic carbocycles. The fourth-order valence-electron chi connectivity index (χ4n) is 2.61. The third-order valence-corrected chi connectivity index (χ3v) is 4.65. The Balaban J connectivity index is 1.51. The number of rotatable bonds is 6. The van der Waals surface area contributed by atoms with Crippen LogP contribution < -0.4 is 15.5 Å². The number of carbonyl (C=O) groups is 1. The summed E-state index contributed by atoms with van der Waals surface area (Å²) in [5.74, 6) is 1.42. The molecule has 8 nitrogen and oxygen atoms in total. The second-order valence-corrected chi connectivity index (χ2v) is 6.51. The molecule has 0 saturated carbocycles. The molecule has 1 aliphatic heterocycles. The van der Waals surface area contributed by atoms with Crippen molar-refractivity contribution in [2.75, 3.05) is 36.4 Å². The normalized spacial score (nSPS) is 14.0. The first-order chi connectivity index (χ1) is 11.6. The standard InChI is InChI=1S/C15H21N7OS/c1-10-9-12(22-7-3-4-8-22)19-15(18-10)17-6-5-16-14(23)13-11(2)20-21-24-13/h9H,3-8H2,1-2H3,(H,16,23)(H,17,18,19). The Morgan fingerprint density at radius 2 is 2.04 bits per heavy atom. The quantitative estimate of drug-likeness (QED) is 0.762. The van der Waals surface area contributed by atoms with E-state index in [2.05, 4.69) is 35.1 Å². The molecule has 1 fully saturated rings. The van der Waals surface area contributed by atoms with Gasteiger partial charge in [-0.1, -0.05) is 4.49 Å². The molecule has 1 saturated heterocycles. The molecular formula is C15H21N7OS. The van der Waals surface area contributed by atoms with Gasteiger partial charge in [-0.15, -0.1) is 5.10 Å². The zero-order chi connectivity index (χ0) is 16.9. The van der Waals surface area contributed by atoms with Crippen molar-refractivity contribution in [1.29, 1.82) is 0 Å². The van der Waals surface area contributed by atoms with E-state index in [4.69, 9.17) is 0 Å². The lowest BCUT2D eigenvalue weighted by molar-refractivity contribution is 0.0958. The lowest BCUT2D eigenvalue weighted by Crippen LogP contribution is -2.29. The zero-order valence-electron chi connectivity index (χ0n) is 13.9. The maximum absolute atomic E-state index is 12.0. The topological polar surface area (TPSA) is 95.9 Å². The molecule has 3 rings (SSSR count). The first kappa shape index (κ1) is 16.6. The summed E-state index contributed by atoms with van der Waals surface area (Å²) in [5.41, 5.74) is 1.59. The lowest BCUT2D eigenvalue weighted by Gasteiger charge is -2.17. The van der Waals surface area contributed by atoms with Gasteiger partial charge in [0.05, 0.1) is 5.69 Å². The number of amides is 1. The second kappa shape index (κ2) is 7.52. The largest absolute Gasteiger partial charge is 0.356 e. The Kier molecular flexibility index (Phi) is 5.19. The van der Waals surface area contributed by atoms with Crippen LogP contribution in [0.3, 0.4) is 0 Å². The van der Waals surface area contributed by atoms with Crippen molar-refractivity contribution in [1.82, 2.24) is 24.9 Å². The van der Waals surface area contributed by atoms with Crippen LogP contribution in [-0.4, -0.2) is 51.6 Å². The Morgan fingerprint density at radius 3 is 2.75 bits per heavy atom. The fourth-order valence-corrected chi connectivity index (χ4v) is 3.18. The molecule has 2 aromatic rings. The number of nitrogens with zero attached hydrogens (tertiary/aromatic N) is 5. The van der Waals surface area contributed by atoms with Crippen LogP contribution in [0.1, 0.15) is 33.9 Å². The highest BCUT2D eigenvalue weighted by Gasteiger charge is 2.15. The third kappa shape index (κ3) is 3.97. The van der Waals surface area contributed by atoms with Gasteiger partial charge < -0.3 is 15.5 Å². The molecule has 24 heavy (non-hydrogen) atoms. The molecule has 0 atom stereocenters. The molecule has 2 N–H and O–H groups in total. The van der Waals surface area contributed by atoms with Crippen molar-refractivity contribution in [3.8, 4) is 0 Å². The number of nitrogens with one attached hydrogen (secondary N) is 2. The minimum Gasteiger partial charge on any atom is -0.356 e. The summed E-state index contributed by atoms with van der Waals surface area (Å²) in [6.07, 6.45) is 2.42.